The van der Waals surface area contributed by atoms with Gasteiger partial charge in [0.25, 0.3) is 5.56 Å². The number of rotatable bonds is 2. The van der Waals surface area contributed by atoms with Gasteiger partial charge in [0.2, 0.25) is 6.41 Å². The van der Waals surface area contributed by atoms with Gasteiger partial charge < -0.3 is 11.1 Å². The summed E-state index contributed by atoms with van der Waals surface area (Å²) in [5, 5.41) is 7.80. The summed E-state index contributed by atoms with van der Waals surface area (Å²) in [6.07, 6.45) is 0.428. The summed E-state index contributed by atoms with van der Waals surface area (Å²) in [5.41, 5.74) is 5.04. The first-order valence-corrected chi connectivity index (χ1v) is 2.79. The molecule has 0 aliphatic rings. The molecule has 1 rings (SSSR count). The number of hydrogen-bond acceptors (Lipinski definition) is 4. The number of nitrogens with two attached hydrogens (primary N) is 1. The van der Waals surface area contributed by atoms with Gasteiger partial charge in [-0.25, -0.2) is 5.10 Å². The van der Waals surface area contributed by atoms with Crippen molar-refractivity contribution in [2.75, 3.05) is 11.1 Å². The molecule has 1 aromatic heterocycles. The van der Waals surface area contributed by atoms with Gasteiger partial charge in [-0.3, -0.25) is 9.59 Å². The normalized spacial score (nSPS) is 9.09. The van der Waals surface area contributed by atoms with Gasteiger partial charge in [0.15, 0.2) is 5.82 Å². The smallest absolute Gasteiger partial charge is 0.266 e. The second kappa shape index (κ2) is 2.82. The average molecular weight is 154 g/mol. The van der Waals surface area contributed by atoms with Crippen molar-refractivity contribution < 1.29 is 4.79 Å². The molecule has 0 bridgehead atoms. The molecule has 0 spiro atoms. The molecule has 0 fully saturated rings. The van der Waals surface area contributed by atoms with Crippen LogP contribution in [0.1, 0.15) is 0 Å². The number of carbonyl (C=O) groups excluding carboxylic acids is 1. The van der Waals surface area contributed by atoms with Crippen LogP contribution < -0.4 is 16.6 Å². The Bertz CT molecular complexity index is 319. The third-order valence-corrected chi connectivity index (χ3v) is 1.03. The van der Waals surface area contributed by atoms with Crippen molar-refractivity contribution in [3.8, 4) is 0 Å². The van der Waals surface area contributed by atoms with Crippen LogP contribution >= 0.6 is 0 Å². The van der Waals surface area contributed by atoms with Gasteiger partial charge in [-0.05, 0) is 0 Å². The molecule has 0 saturated carbocycles. The number of carbonyl (C=O) groups is 1. The topological polar surface area (TPSA) is 101 Å². The second-order valence-electron chi connectivity index (χ2n) is 1.80. The highest BCUT2D eigenvalue weighted by Gasteiger charge is 1.98. The lowest BCUT2D eigenvalue weighted by Crippen LogP contribution is -2.12. The zero-order valence-corrected chi connectivity index (χ0v) is 5.50. The van der Waals surface area contributed by atoms with E-state index in [1.807, 2.05) is 0 Å². The minimum atomic E-state index is -0.404. The molecule has 1 aromatic rings. The van der Waals surface area contributed by atoms with Crippen molar-refractivity contribution in [3.05, 3.63) is 16.4 Å². The van der Waals surface area contributed by atoms with Crippen LogP contribution in [0.15, 0.2) is 10.9 Å². The number of hydrogen-bond donors (Lipinski definition) is 3. The summed E-state index contributed by atoms with van der Waals surface area (Å²) in [7, 11) is 0. The molecule has 1 heterocycles. The van der Waals surface area contributed by atoms with Crippen molar-refractivity contribution in [1.29, 1.82) is 0 Å². The molecule has 0 unspecified atom stereocenters. The Labute approximate surface area is 61.4 Å². The minimum absolute atomic E-state index is 0.140. The molecule has 0 radical (unpaired) electrons. The summed E-state index contributed by atoms with van der Waals surface area (Å²) < 4.78 is 0. The Morgan fingerprint density at radius 3 is 3.00 bits per heavy atom. The number of aromatic amines is 1. The van der Waals surface area contributed by atoms with E-state index in [0.717, 1.165) is 6.07 Å². The Hall–Kier alpha value is -1.85. The van der Waals surface area contributed by atoms with E-state index >= 15 is 0 Å². The highest BCUT2D eigenvalue weighted by atomic mass is 16.1. The monoisotopic (exact) mass is 154 g/mol. The summed E-state index contributed by atoms with van der Waals surface area (Å²) in [4.78, 5) is 20.4. The molecule has 1 amide bonds. The number of amides is 1. The number of nitrogens with zero attached hydrogens (tertiary/aromatic N) is 1. The van der Waals surface area contributed by atoms with Crippen molar-refractivity contribution in [3.63, 3.8) is 0 Å². The SMILES string of the molecule is Nc1cc(=O)[nH]nc1NC=O. The third-order valence-electron chi connectivity index (χ3n) is 1.03. The van der Waals surface area contributed by atoms with E-state index in [4.69, 9.17) is 5.73 Å². The molecular weight excluding hydrogens is 148 g/mol. The summed E-state index contributed by atoms with van der Waals surface area (Å²) in [5.74, 6) is 0.152. The highest BCUT2D eigenvalue weighted by Crippen LogP contribution is 2.07. The molecule has 6 nitrogen and oxygen atoms in total. The maximum absolute atomic E-state index is 10.5. The van der Waals surface area contributed by atoms with Crippen molar-refractivity contribution in [2.24, 2.45) is 0 Å². The molecule has 0 aliphatic heterocycles. The van der Waals surface area contributed by atoms with E-state index in [0.29, 0.717) is 6.41 Å². The van der Waals surface area contributed by atoms with Crippen molar-refractivity contribution in [1.82, 2.24) is 10.2 Å². The first kappa shape index (κ1) is 7.26. The van der Waals surface area contributed by atoms with Gasteiger partial charge in [-0.15, -0.1) is 0 Å². The molecule has 0 aliphatic carbocycles. The van der Waals surface area contributed by atoms with Gasteiger partial charge in [0, 0.05) is 6.07 Å². The number of nitrogens with one attached hydrogen (secondary N) is 2. The van der Waals surface area contributed by atoms with E-state index in [-0.39, 0.29) is 11.5 Å². The van der Waals surface area contributed by atoms with Crippen LogP contribution in [0.5, 0.6) is 0 Å². The third kappa shape index (κ3) is 1.54. The summed E-state index contributed by atoms with van der Waals surface area (Å²) >= 11 is 0. The molecule has 58 valence electrons. The fraction of sp³-hybridized carbons (Fsp3) is 0. The summed E-state index contributed by atoms with van der Waals surface area (Å²) in [6, 6.07) is 1.14. The lowest BCUT2D eigenvalue weighted by atomic mass is 10.4. The number of H-pyrrole nitrogens is 1. The average Bonchev–Trinajstić information content (AvgIpc) is 1.95. The van der Waals surface area contributed by atoms with E-state index in [2.05, 4.69) is 15.5 Å². The molecule has 11 heavy (non-hydrogen) atoms. The fourth-order valence-electron chi connectivity index (χ4n) is 0.589. The Morgan fingerprint density at radius 1 is 1.73 bits per heavy atom. The Kier molecular flexibility index (Phi) is 1.86. The van der Waals surface area contributed by atoms with Crippen molar-refractivity contribution in [2.45, 2.75) is 0 Å². The Morgan fingerprint density at radius 2 is 2.45 bits per heavy atom. The fourth-order valence-corrected chi connectivity index (χ4v) is 0.589. The van der Waals surface area contributed by atoms with Crippen LogP contribution in [-0.4, -0.2) is 16.6 Å². The predicted octanol–water partition coefficient (Wildman–Crippen LogP) is -1.08. The van der Waals surface area contributed by atoms with Crippen LogP contribution in [0.2, 0.25) is 0 Å². The molecule has 0 atom stereocenters. The number of nitrogen functional groups attached to an aromatic ring is 1. The molecule has 6 heteroatoms. The zero-order chi connectivity index (χ0) is 8.27. The lowest BCUT2D eigenvalue weighted by Gasteiger charge is -1.98. The standard InChI is InChI=1S/C5H6N4O2/c6-3-1-4(11)8-9-5(3)7-2-10/h1-2H,(H3,6,8,11)(H,7,9,10). The first-order valence-electron chi connectivity index (χ1n) is 2.79. The molecule has 4 N–H and O–H groups in total. The van der Waals surface area contributed by atoms with E-state index in [1.54, 1.807) is 0 Å². The Balaban J connectivity index is 3.08. The molecular formula is C5H6N4O2. The number of aromatic nitrogens is 2. The van der Waals surface area contributed by atoms with E-state index < -0.39 is 5.56 Å². The van der Waals surface area contributed by atoms with Crippen LogP contribution in [0, 0.1) is 0 Å². The first-order chi connectivity index (χ1) is 5.24. The van der Waals surface area contributed by atoms with Gasteiger partial charge in [-0.2, -0.15) is 5.10 Å². The quantitative estimate of drug-likeness (QED) is 0.471. The zero-order valence-electron chi connectivity index (χ0n) is 5.50. The largest absolute Gasteiger partial charge is 0.396 e. The predicted molar refractivity (Wildman–Crippen MR) is 39.0 cm³/mol. The van der Waals surface area contributed by atoms with Crippen LogP contribution in [0.4, 0.5) is 11.5 Å². The highest BCUT2D eigenvalue weighted by molar-refractivity contribution is 5.75. The van der Waals surface area contributed by atoms with Gasteiger partial charge in [0.1, 0.15) is 0 Å². The van der Waals surface area contributed by atoms with Crippen LogP contribution in [0.25, 0.3) is 0 Å². The maximum Gasteiger partial charge on any atom is 0.266 e. The lowest BCUT2D eigenvalue weighted by molar-refractivity contribution is -0.105. The molecule has 0 saturated heterocycles. The van der Waals surface area contributed by atoms with Crippen molar-refractivity contribution >= 4 is 17.9 Å². The summed E-state index contributed by atoms with van der Waals surface area (Å²) in [6.45, 7) is 0. The van der Waals surface area contributed by atoms with Crippen LogP contribution in [-0.2, 0) is 4.79 Å². The number of anilines is 2. The van der Waals surface area contributed by atoms with Gasteiger partial charge >= 0.3 is 0 Å². The maximum atomic E-state index is 10.5. The minimum Gasteiger partial charge on any atom is -0.396 e. The molecule has 0 aromatic carbocycles. The van der Waals surface area contributed by atoms with Crippen LogP contribution in [0.3, 0.4) is 0 Å². The van der Waals surface area contributed by atoms with E-state index in [9.17, 15) is 9.59 Å². The van der Waals surface area contributed by atoms with E-state index in [1.165, 1.54) is 0 Å². The second-order valence-corrected chi connectivity index (χ2v) is 1.80. The van der Waals surface area contributed by atoms with Gasteiger partial charge in [0.05, 0.1) is 5.69 Å². The van der Waals surface area contributed by atoms with Gasteiger partial charge in [-0.1, -0.05) is 0 Å².